The molecule has 1 atom stereocenters. The highest BCUT2D eigenvalue weighted by molar-refractivity contribution is 5.92. The number of fused-ring (bicyclic) bond motifs is 1. The number of carbonyl (C=O) groups excluding carboxylic acids is 1. The first-order valence-corrected chi connectivity index (χ1v) is 8.10. The zero-order chi connectivity index (χ0) is 17.1. The molecule has 3 aromatic rings. The van der Waals surface area contributed by atoms with Gasteiger partial charge in [-0.1, -0.05) is 24.3 Å². The number of nitrogens with zero attached hydrogens (tertiary/aromatic N) is 4. The lowest BCUT2D eigenvalue weighted by Crippen LogP contribution is -2.35. The highest BCUT2D eigenvalue weighted by atomic mass is 16.5. The molecule has 0 radical (unpaired) electrons. The van der Waals surface area contributed by atoms with Crippen LogP contribution < -0.4 is 10.1 Å². The Kier molecular flexibility index (Phi) is 4.12. The van der Waals surface area contributed by atoms with Crippen LogP contribution in [-0.4, -0.2) is 38.8 Å². The van der Waals surface area contributed by atoms with E-state index in [1.165, 1.54) is 5.56 Å². The molecule has 4 rings (SSSR count). The molecule has 0 spiro atoms. The molecule has 0 saturated heterocycles. The first kappa shape index (κ1) is 15.3. The van der Waals surface area contributed by atoms with Crippen molar-refractivity contribution < 1.29 is 9.53 Å². The molecule has 2 aromatic heterocycles. The Balaban J connectivity index is 1.39. The molecule has 1 aromatic carbocycles. The Morgan fingerprint density at radius 2 is 2.00 bits per heavy atom. The van der Waals surface area contributed by atoms with Crippen LogP contribution in [-0.2, 0) is 6.42 Å². The van der Waals surface area contributed by atoms with Gasteiger partial charge in [0.2, 0.25) is 0 Å². The fraction of sp³-hybridized carbons (Fsp3) is 0.222. The summed E-state index contributed by atoms with van der Waals surface area (Å²) < 4.78 is 7.41. The third-order valence-corrected chi connectivity index (χ3v) is 4.16. The van der Waals surface area contributed by atoms with Gasteiger partial charge in [0.15, 0.2) is 0 Å². The van der Waals surface area contributed by atoms with Crippen LogP contribution in [0.2, 0.25) is 0 Å². The van der Waals surface area contributed by atoms with Gasteiger partial charge in [0, 0.05) is 12.5 Å². The largest absolute Gasteiger partial charge is 0.493 e. The van der Waals surface area contributed by atoms with E-state index in [1.807, 2.05) is 18.2 Å². The maximum absolute atomic E-state index is 12.4. The normalized spacial score (nSPS) is 15.9. The first-order valence-electron chi connectivity index (χ1n) is 8.10. The number of pyridine rings is 1. The predicted molar refractivity (Wildman–Crippen MR) is 90.6 cm³/mol. The number of para-hydroxylation sites is 1. The molecule has 0 saturated carbocycles. The molecule has 0 aliphatic carbocycles. The predicted octanol–water partition coefficient (Wildman–Crippen LogP) is 1.64. The van der Waals surface area contributed by atoms with E-state index >= 15 is 0 Å². The minimum Gasteiger partial charge on any atom is -0.493 e. The van der Waals surface area contributed by atoms with Gasteiger partial charge in [-0.15, -0.1) is 10.2 Å². The number of ether oxygens (including phenoxy) is 1. The molecule has 1 N–H and O–H groups in total. The van der Waals surface area contributed by atoms with E-state index in [-0.39, 0.29) is 11.8 Å². The molecule has 7 nitrogen and oxygen atoms in total. The zero-order valence-corrected chi connectivity index (χ0v) is 13.5. The Bertz CT molecular complexity index is 879. The second kappa shape index (κ2) is 6.72. The molecule has 1 amide bonds. The van der Waals surface area contributed by atoms with Gasteiger partial charge in [-0.2, -0.15) is 0 Å². The van der Waals surface area contributed by atoms with Crippen molar-refractivity contribution in [2.45, 2.75) is 6.42 Å². The number of hydrogen-bond acceptors (Lipinski definition) is 5. The standard InChI is InChI=1S/C18H17N5O2/c24-18(15-5-3-7-17(22-15)23-11-20-21-12-23)19-9-13-8-14-4-1-2-6-16(14)25-10-13/h1-7,11-13H,8-10H2,(H,19,24). The van der Waals surface area contributed by atoms with Crippen LogP contribution in [0.5, 0.6) is 5.75 Å². The van der Waals surface area contributed by atoms with Gasteiger partial charge in [0.1, 0.15) is 29.9 Å². The Labute approximate surface area is 144 Å². The number of carbonyl (C=O) groups is 1. The van der Waals surface area contributed by atoms with Gasteiger partial charge in [-0.05, 0) is 30.2 Å². The van der Waals surface area contributed by atoms with Crippen LogP contribution >= 0.6 is 0 Å². The highest BCUT2D eigenvalue weighted by Gasteiger charge is 2.20. The third kappa shape index (κ3) is 3.35. The minimum absolute atomic E-state index is 0.200. The zero-order valence-electron chi connectivity index (χ0n) is 13.5. The van der Waals surface area contributed by atoms with Crippen molar-refractivity contribution in [3.63, 3.8) is 0 Å². The molecule has 1 aliphatic heterocycles. The lowest BCUT2D eigenvalue weighted by atomic mass is 9.97. The average Bonchev–Trinajstić information content (AvgIpc) is 3.21. The molecule has 126 valence electrons. The molecule has 0 fully saturated rings. The summed E-state index contributed by atoms with van der Waals surface area (Å²) in [6, 6.07) is 13.3. The van der Waals surface area contributed by atoms with Crippen molar-refractivity contribution in [1.82, 2.24) is 25.1 Å². The molecule has 7 heteroatoms. The summed E-state index contributed by atoms with van der Waals surface area (Å²) in [5.41, 5.74) is 1.55. The summed E-state index contributed by atoms with van der Waals surface area (Å²) in [6.07, 6.45) is 3.98. The second-order valence-corrected chi connectivity index (χ2v) is 5.95. The molecule has 0 bridgehead atoms. The summed E-state index contributed by atoms with van der Waals surface area (Å²) in [4.78, 5) is 16.8. The van der Waals surface area contributed by atoms with E-state index in [0.29, 0.717) is 24.7 Å². The summed E-state index contributed by atoms with van der Waals surface area (Å²) in [5, 5.41) is 10.4. The molecule has 3 heterocycles. The van der Waals surface area contributed by atoms with E-state index in [9.17, 15) is 4.79 Å². The quantitative estimate of drug-likeness (QED) is 0.784. The molecule has 1 unspecified atom stereocenters. The van der Waals surface area contributed by atoms with Gasteiger partial charge in [0.05, 0.1) is 6.61 Å². The van der Waals surface area contributed by atoms with Crippen molar-refractivity contribution in [1.29, 1.82) is 0 Å². The number of benzene rings is 1. The third-order valence-electron chi connectivity index (χ3n) is 4.16. The van der Waals surface area contributed by atoms with Crippen molar-refractivity contribution >= 4 is 5.91 Å². The van der Waals surface area contributed by atoms with E-state index in [4.69, 9.17) is 4.74 Å². The highest BCUT2D eigenvalue weighted by Crippen LogP contribution is 2.26. The Morgan fingerprint density at radius 1 is 1.16 bits per heavy atom. The monoisotopic (exact) mass is 335 g/mol. The van der Waals surface area contributed by atoms with E-state index in [0.717, 1.165) is 12.2 Å². The van der Waals surface area contributed by atoms with Gasteiger partial charge < -0.3 is 10.1 Å². The summed E-state index contributed by atoms with van der Waals surface area (Å²) in [5.74, 6) is 1.59. The number of hydrogen-bond donors (Lipinski definition) is 1. The van der Waals surface area contributed by atoms with E-state index in [1.54, 1.807) is 35.4 Å². The van der Waals surface area contributed by atoms with Crippen LogP contribution in [0.1, 0.15) is 16.1 Å². The Hall–Kier alpha value is -3.22. The SMILES string of the molecule is O=C(NCC1COc2ccccc2C1)c1cccc(-n2cnnc2)n1. The number of aromatic nitrogens is 4. The maximum Gasteiger partial charge on any atom is 0.269 e. The van der Waals surface area contributed by atoms with Gasteiger partial charge in [-0.3, -0.25) is 9.36 Å². The van der Waals surface area contributed by atoms with Crippen molar-refractivity contribution in [2.24, 2.45) is 5.92 Å². The number of rotatable bonds is 4. The molecule has 1 aliphatic rings. The smallest absolute Gasteiger partial charge is 0.269 e. The van der Waals surface area contributed by atoms with Crippen molar-refractivity contribution in [2.75, 3.05) is 13.2 Å². The summed E-state index contributed by atoms with van der Waals surface area (Å²) >= 11 is 0. The fourth-order valence-corrected chi connectivity index (χ4v) is 2.86. The first-order chi connectivity index (χ1) is 12.3. The lowest BCUT2D eigenvalue weighted by molar-refractivity contribution is 0.0934. The summed E-state index contributed by atoms with van der Waals surface area (Å²) in [7, 11) is 0. The fourth-order valence-electron chi connectivity index (χ4n) is 2.86. The van der Waals surface area contributed by atoms with Gasteiger partial charge in [0.25, 0.3) is 5.91 Å². The van der Waals surface area contributed by atoms with Gasteiger partial charge >= 0.3 is 0 Å². The molecular formula is C18H17N5O2. The molecule has 25 heavy (non-hydrogen) atoms. The number of amides is 1. The molecular weight excluding hydrogens is 318 g/mol. The van der Waals surface area contributed by atoms with Crippen LogP contribution in [0, 0.1) is 5.92 Å². The van der Waals surface area contributed by atoms with Crippen LogP contribution in [0.3, 0.4) is 0 Å². The van der Waals surface area contributed by atoms with E-state index in [2.05, 4.69) is 26.6 Å². The van der Waals surface area contributed by atoms with Crippen molar-refractivity contribution in [3.05, 3.63) is 66.4 Å². The van der Waals surface area contributed by atoms with E-state index < -0.39 is 0 Å². The average molecular weight is 335 g/mol. The topological polar surface area (TPSA) is 81.9 Å². The summed E-state index contributed by atoms with van der Waals surface area (Å²) in [6.45, 7) is 1.15. The maximum atomic E-state index is 12.4. The lowest BCUT2D eigenvalue weighted by Gasteiger charge is -2.25. The van der Waals surface area contributed by atoms with Crippen LogP contribution in [0.15, 0.2) is 55.1 Å². The Morgan fingerprint density at radius 3 is 2.88 bits per heavy atom. The number of nitrogens with one attached hydrogen (secondary N) is 1. The van der Waals surface area contributed by atoms with Crippen molar-refractivity contribution in [3.8, 4) is 11.6 Å². The van der Waals surface area contributed by atoms with Gasteiger partial charge in [-0.25, -0.2) is 4.98 Å². The van der Waals surface area contributed by atoms with Crippen LogP contribution in [0.25, 0.3) is 5.82 Å². The minimum atomic E-state index is -0.200. The van der Waals surface area contributed by atoms with Crippen LogP contribution in [0.4, 0.5) is 0 Å². The second-order valence-electron chi connectivity index (χ2n) is 5.95.